The first-order valence-corrected chi connectivity index (χ1v) is 9.33. The number of anilines is 1. The highest BCUT2D eigenvalue weighted by atomic mass is 16.5. The van der Waals surface area contributed by atoms with E-state index in [9.17, 15) is 9.59 Å². The van der Waals surface area contributed by atoms with Crippen LogP contribution in [-0.2, 0) is 21.6 Å². The number of rotatable bonds is 2. The van der Waals surface area contributed by atoms with Gasteiger partial charge in [-0.05, 0) is 55.5 Å². The van der Waals surface area contributed by atoms with Gasteiger partial charge in [0.2, 0.25) is 5.91 Å². The van der Waals surface area contributed by atoms with Crippen molar-refractivity contribution in [3.63, 3.8) is 0 Å². The number of amides is 2. The highest BCUT2D eigenvalue weighted by Gasteiger charge is 2.43. The van der Waals surface area contributed by atoms with Gasteiger partial charge in [-0.15, -0.1) is 0 Å². The summed E-state index contributed by atoms with van der Waals surface area (Å²) < 4.78 is 6.15. The quantitative estimate of drug-likeness (QED) is 0.852. The topological polar surface area (TPSA) is 87.3 Å². The van der Waals surface area contributed by atoms with Crippen LogP contribution in [0.2, 0.25) is 0 Å². The third-order valence-corrected chi connectivity index (χ3v) is 5.56. The molecule has 2 amide bonds. The molecule has 1 aromatic carbocycles. The molecule has 1 aromatic heterocycles. The van der Waals surface area contributed by atoms with E-state index in [-0.39, 0.29) is 17.4 Å². The molecule has 7 heteroatoms. The lowest BCUT2D eigenvalue weighted by atomic mass is 9.83. The van der Waals surface area contributed by atoms with Crippen LogP contribution in [0.25, 0.3) is 0 Å². The summed E-state index contributed by atoms with van der Waals surface area (Å²) in [5, 5.41) is 10.0. The van der Waals surface area contributed by atoms with Gasteiger partial charge in [-0.25, -0.2) is 0 Å². The second-order valence-corrected chi connectivity index (χ2v) is 7.37. The summed E-state index contributed by atoms with van der Waals surface area (Å²) in [5.74, 6) is -0.0992. The lowest BCUT2D eigenvalue weighted by Crippen LogP contribution is -2.48. The lowest BCUT2D eigenvalue weighted by Gasteiger charge is -2.43. The fourth-order valence-electron chi connectivity index (χ4n) is 4.14. The highest BCUT2D eigenvalue weighted by Crippen LogP contribution is 2.40. The number of hydrogen-bond donors (Lipinski definition) is 2. The second-order valence-electron chi connectivity index (χ2n) is 7.37. The molecule has 0 bridgehead atoms. The number of piperidine rings is 1. The predicted octanol–water partition coefficient (Wildman–Crippen LogP) is 2.38. The van der Waals surface area contributed by atoms with E-state index in [4.69, 9.17) is 4.74 Å². The summed E-state index contributed by atoms with van der Waals surface area (Å²) in [7, 11) is 0. The number of fused-ring (bicyclic) bond motifs is 2. The van der Waals surface area contributed by atoms with Gasteiger partial charge in [-0.2, -0.15) is 5.10 Å². The summed E-state index contributed by atoms with van der Waals surface area (Å²) in [6.07, 6.45) is 4.29. The first kappa shape index (κ1) is 17.7. The van der Waals surface area contributed by atoms with Crippen molar-refractivity contribution in [1.82, 2.24) is 15.1 Å². The normalized spacial score (nSPS) is 18.2. The van der Waals surface area contributed by atoms with Crippen LogP contribution in [-0.4, -0.2) is 46.6 Å². The van der Waals surface area contributed by atoms with E-state index in [0.29, 0.717) is 30.9 Å². The van der Waals surface area contributed by atoms with E-state index in [1.165, 1.54) is 12.5 Å². The van der Waals surface area contributed by atoms with Gasteiger partial charge in [0.1, 0.15) is 5.60 Å². The van der Waals surface area contributed by atoms with Gasteiger partial charge in [0.25, 0.3) is 5.91 Å². The minimum atomic E-state index is -0.342. The zero-order chi connectivity index (χ0) is 19.0. The molecule has 2 N–H and O–H groups in total. The van der Waals surface area contributed by atoms with Crippen LogP contribution < -0.4 is 5.32 Å². The van der Waals surface area contributed by atoms with Crippen LogP contribution in [0.3, 0.4) is 0 Å². The van der Waals surface area contributed by atoms with Gasteiger partial charge in [0.15, 0.2) is 0 Å². The molecule has 2 aliphatic rings. The van der Waals surface area contributed by atoms with Gasteiger partial charge in [0, 0.05) is 31.3 Å². The average Bonchev–Trinajstić information content (AvgIpc) is 3.12. The minimum Gasteiger partial charge on any atom is -0.368 e. The number of likely N-dealkylation sites (tertiary alicyclic amines) is 1. The maximum absolute atomic E-state index is 13.0. The van der Waals surface area contributed by atoms with Crippen LogP contribution in [0.4, 0.5) is 5.69 Å². The Balaban J connectivity index is 1.48. The molecule has 0 atom stereocenters. The maximum Gasteiger partial charge on any atom is 0.254 e. The smallest absolute Gasteiger partial charge is 0.254 e. The molecule has 0 aliphatic carbocycles. The molecule has 0 saturated carbocycles. The molecule has 1 fully saturated rings. The van der Waals surface area contributed by atoms with Crippen LogP contribution in [0.5, 0.6) is 0 Å². The van der Waals surface area contributed by atoms with Crippen LogP contribution in [0.15, 0.2) is 24.4 Å². The Morgan fingerprint density at radius 3 is 2.78 bits per heavy atom. The fraction of sp³-hybridized carbons (Fsp3) is 0.450. The maximum atomic E-state index is 13.0. The number of carbonyl (C=O) groups is 2. The fourth-order valence-corrected chi connectivity index (χ4v) is 4.14. The SMILES string of the molecule is CC(=O)Nc1ccc(C(=O)N2CCC3(CC2)OCCc2cn[nH]c23)c(C)c1. The lowest BCUT2D eigenvalue weighted by molar-refractivity contribution is -0.114. The molecule has 2 aliphatic heterocycles. The summed E-state index contributed by atoms with van der Waals surface area (Å²) in [5.41, 5.74) is 4.20. The van der Waals surface area contributed by atoms with Crippen molar-refractivity contribution >= 4 is 17.5 Å². The third-order valence-electron chi connectivity index (χ3n) is 5.56. The number of aromatic amines is 1. The van der Waals surface area contributed by atoms with Gasteiger partial charge in [-0.1, -0.05) is 0 Å². The van der Waals surface area contributed by atoms with Gasteiger partial charge >= 0.3 is 0 Å². The van der Waals surface area contributed by atoms with Crippen molar-refractivity contribution in [1.29, 1.82) is 0 Å². The molecule has 0 unspecified atom stereocenters. The zero-order valence-corrected chi connectivity index (χ0v) is 15.7. The Morgan fingerprint density at radius 2 is 2.07 bits per heavy atom. The van der Waals surface area contributed by atoms with Crippen molar-refractivity contribution in [2.75, 3.05) is 25.0 Å². The van der Waals surface area contributed by atoms with Crippen molar-refractivity contribution in [3.8, 4) is 0 Å². The number of aryl methyl sites for hydroxylation is 1. The Hall–Kier alpha value is -2.67. The van der Waals surface area contributed by atoms with Crippen LogP contribution in [0, 0.1) is 6.92 Å². The van der Waals surface area contributed by atoms with E-state index in [0.717, 1.165) is 30.5 Å². The molecule has 4 rings (SSSR count). The summed E-state index contributed by atoms with van der Waals surface area (Å²) in [4.78, 5) is 26.1. The Kier molecular flexibility index (Phi) is 4.47. The molecule has 3 heterocycles. The van der Waals surface area contributed by atoms with Crippen molar-refractivity contribution in [2.24, 2.45) is 0 Å². The summed E-state index contributed by atoms with van der Waals surface area (Å²) in [6.45, 7) is 5.35. The summed E-state index contributed by atoms with van der Waals surface area (Å²) >= 11 is 0. The standard InChI is InChI=1S/C20H24N4O3/c1-13-11-16(22-14(2)25)3-4-17(13)19(26)24-8-6-20(7-9-24)18-15(5-10-27-20)12-21-23-18/h3-4,11-12H,5-10H2,1-2H3,(H,21,23)(H,22,25). The van der Waals surface area contributed by atoms with E-state index >= 15 is 0 Å². The van der Waals surface area contributed by atoms with E-state index in [1.807, 2.05) is 24.1 Å². The first-order chi connectivity index (χ1) is 13.0. The number of nitrogens with one attached hydrogen (secondary N) is 2. The number of hydrogen-bond acceptors (Lipinski definition) is 4. The van der Waals surface area contributed by atoms with E-state index in [1.54, 1.807) is 12.1 Å². The Morgan fingerprint density at radius 1 is 1.30 bits per heavy atom. The number of carbonyl (C=O) groups excluding carboxylic acids is 2. The van der Waals surface area contributed by atoms with Gasteiger partial charge in [0.05, 0.1) is 18.5 Å². The van der Waals surface area contributed by atoms with Crippen LogP contribution in [0.1, 0.15) is 46.9 Å². The van der Waals surface area contributed by atoms with Crippen LogP contribution >= 0.6 is 0 Å². The minimum absolute atomic E-state index is 0.0253. The number of H-pyrrole nitrogens is 1. The predicted molar refractivity (Wildman–Crippen MR) is 101 cm³/mol. The molecule has 1 saturated heterocycles. The third kappa shape index (κ3) is 3.23. The molecular formula is C20H24N4O3. The zero-order valence-electron chi connectivity index (χ0n) is 15.7. The molecule has 7 nitrogen and oxygen atoms in total. The summed E-state index contributed by atoms with van der Waals surface area (Å²) in [6, 6.07) is 5.40. The van der Waals surface area contributed by atoms with Crippen molar-refractivity contribution < 1.29 is 14.3 Å². The molecule has 1 spiro atoms. The Labute approximate surface area is 158 Å². The number of aromatic nitrogens is 2. The van der Waals surface area contributed by atoms with E-state index in [2.05, 4.69) is 15.5 Å². The number of nitrogens with zero attached hydrogens (tertiary/aromatic N) is 2. The second kappa shape index (κ2) is 6.81. The number of ether oxygens (including phenoxy) is 1. The number of benzene rings is 1. The highest BCUT2D eigenvalue weighted by molar-refractivity contribution is 5.97. The first-order valence-electron chi connectivity index (χ1n) is 9.33. The largest absolute Gasteiger partial charge is 0.368 e. The molecule has 27 heavy (non-hydrogen) atoms. The van der Waals surface area contributed by atoms with Crippen molar-refractivity contribution in [3.05, 3.63) is 46.8 Å². The molecule has 0 radical (unpaired) electrons. The molecule has 2 aromatic rings. The van der Waals surface area contributed by atoms with Gasteiger partial charge in [-0.3, -0.25) is 14.7 Å². The molecular weight excluding hydrogens is 344 g/mol. The van der Waals surface area contributed by atoms with Gasteiger partial charge < -0.3 is 15.0 Å². The van der Waals surface area contributed by atoms with Crippen molar-refractivity contribution in [2.45, 2.75) is 38.7 Å². The molecule has 142 valence electrons. The Bertz CT molecular complexity index is 881. The average molecular weight is 368 g/mol. The monoisotopic (exact) mass is 368 g/mol. The van der Waals surface area contributed by atoms with E-state index < -0.39 is 0 Å².